The Bertz CT molecular complexity index is 474. The molecule has 1 aromatic carbocycles. The van der Waals surface area contributed by atoms with Crippen LogP contribution in [0.4, 0.5) is 5.69 Å². The second kappa shape index (κ2) is 5.99. The van der Waals surface area contributed by atoms with E-state index in [1.807, 2.05) is 0 Å². The van der Waals surface area contributed by atoms with Crippen molar-refractivity contribution in [2.45, 2.75) is 37.7 Å². The van der Waals surface area contributed by atoms with Gasteiger partial charge in [-0.2, -0.15) is 0 Å². The lowest BCUT2D eigenvalue weighted by Crippen LogP contribution is -2.37. The van der Waals surface area contributed by atoms with E-state index in [1.54, 1.807) is 18.2 Å². The van der Waals surface area contributed by atoms with Gasteiger partial charge in [-0.15, -0.1) is 0 Å². The number of aliphatic hydroxyl groups is 1. The molecule has 1 aliphatic rings. The van der Waals surface area contributed by atoms with E-state index in [-0.39, 0.29) is 12.3 Å². The molecule has 0 aromatic heterocycles. The Morgan fingerprint density at radius 1 is 1.32 bits per heavy atom. The Hall–Kier alpha value is -0.970. The van der Waals surface area contributed by atoms with Gasteiger partial charge in [0.05, 0.1) is 22.7 Å². The third-order valence-electron chi connectivity index (χ3n) is 3.29. The van der Waals surface area contributed by atoms with Crippen LogP contribution in [0.3, 0.4) is 0 Å². The summed E-state index contributed by atoms with van der Waals surface area (Å²) in [6.45, 7) is 0. The van der Waals surface area contributed by atoms with Crippen molar-refractivity contribution in [1.82, 2.24) is 5.43 Å². The van der Waals surface area contributed by atoms with Gasteiger partial charge >= 0.3 is 0 Å². The number of hydrogen-bond acceptors (Lipinski definition) is 3. The maximum absolute atomic E-state index is 11.8. The van der Waals surface area contributed by atoms with Crippen LogP contribution in [0, 0.1) is 0 Å². The highest BCUT2D eigenvalue weighted by molar-refractivity contribution is 6.36. The molecular formula is C13H16Cl2N2O2. The summed E-state index contributed by atoms with van der Waals surface area (Å²) in [6, 6.07) is 4.93. The van der Waals surface area contributed by atoms with E-state index in [4.69, 9.17) is 23.2 Å². The first-order valence-corrected chi connectivity index (χ1v) is 6.96. The monoisotopic (exact) mass is 302 g/mol. The molecule has 1 aliphatic carbocycles. The summed E-state index contributed by atoms with van der Waals surface area (Å²) < 4.78 is 0. The molecular weight excluding hydrogens is 287 g/mol. The van der Waals surface area contributed by atoms with E-state index < -0.39 is 5.60 Å². The molecule has 4 nitrogen and oxygen atoms in total. The lowest BCUT2D eigenvalue weighted by atomic mass is 9.98. The van der Waals surface area contributed by atoms with E-state index in [1.165, 1.54) is 0 Å². The average molecular weight is 303 g/mol. The highest BCUT2D eigenvalue weighted by Crippen LogP contribution is 2.32. The number of halogens is 2. The van der Waals surface area contributed by atoms with Gasteiger partial charge in [0.15, 0.2) is 0 Å². The van der Waals surface area contributed by atoms with Gasteiger partial charge in [-0.05, 0) is 31.0 Å². The van der Waals surface area contributed by atoms with E-state index in [0.29, 0.717) is 28.6 Å². The van der Waals surface area contributed by atoms with E-state index >= 15 is 0 Å². The number of nitrogens with one attached hydrogen (secondary N) is 2. The van der Waals surface area contributed by atoms with Gasteiger partial charge in [0, 0.05) is 5.02 Å². The standard InChI is InChI=1S/C13H16Cl2N2O2/c14-9-3-4-11(10(15)7-9)16-17-12(18)8-13(19)5-1-2-6-13/h3-4,7,16,19H,1-2,5-6,8H2,(H,17,18). The van der Waals surface area contributed by atoms with Crippen molar-refractivity contribution in [3.05, 3.63) is 28.2 Å². The van der Waals surface area contributed by atoms with Crippen LogP contribution in [0.25, 0.3) is 0 Å². The summed E-state index contributed by atoms with van der Waals surface area (Å²) in [5.41, 5.74) is 4.98. The average Bonchev–Trinajstić information content (AvgIpc) is 2.74. The molecule has 3 N–H and O–H groups in total. The number of rotatable bonds is 4. The van der Waals surface area contributed by atoms with Crippen molar-refractivity contribution in [2.75, 3.05) is 5.43 Å². The fourth-order valence-electron chi connectivity index (χ4n) is 2.28. The maximum atomic E-state index is 11.8. The minimum Gasteiger partial charge on any atom is -0.389 e. The SMILES string of the molecule is O=C(CC1(O)CCCC1)NNc1ccc(Cl)cc1Cl. The fourth-order valence-corrected chi connectivity index (χ4v) is 2.74. The Kier molecular flexibility index (Phi) is 4.55. The molecule has 0 bridgehead atoms. The molecule has 1 amide bonds. The molecule has 0 heterocycles. The Morgan fingerprint density at radius 2 is 2.00 bits per heavy atom. The second-order valence-electron chi connectivity index (χ2n) is 4.91. The second-order valence-corrected chi connectivity index (χ2v) is 5.75. The first-order valence-electron chi connectivity index (χ1n) is 6.21. The maximum Gasteiger partial charge on any atom is 0.241 e. The van der Waals surface area contributed by atoms with Crippen LogP contribution < -0.4 is 10.9 Å². The minimum absolute atomic E-state index is 0.102. The Balaban J connectivity index is 1.86. The van der Waals surface area contributed by atoms with Crippen LogP contribution in [0.5, 0.6) is 0 Å². The molecule has 1 aromatic rings. The number of benzene rings is 1. The zero-order valence-electron chi connectivity index (χ0n) is 10.4. The summed E-state index contributed by atoms with van der Waals surface area (Å²) in [6.07, 6.45) is 3.41. The summed E-state index contributed by atoms with van der Waals surface area (Å²) in [7, 11) is 0. The van der Waals surface area contributed by atoms with Gasteiger partial charge in [-0.25, -0.2) is 0 Å². The van der Waals surface area contributed by atoms with Gasteiger partial charge in [0.1, 0.15) is 0 Å². The topological polar surface area (TPSA) is 61.4 Å². The molecule has 1 saturated carbocycles. The van der Waals surface area contributed by atoms with E-state index in [9.17, 15) is 9.90 Å². The molecule has 0 saturated heterocycles. The predicted molar refractivity (Wildman–Crippen MR) is 76.3 cm³/mol. The molecule has 0 radical (unpaired) electrons. The van der Waals surface area contributed by atoms with Crippen LogP contribution in [0.2, 0.25) is 10.0 Å². The summed E-state index contributed by atoms with van der Waals surface area (Å²) in [5.74, 6) is -0.254. The zero-order chi connectivity index (χ0) is 13.9. The van der Waals surface area contributed by atoms with Gasteiger partial charge < -0.3 is 5.11 Å². The van der Waals surface area contributed by atoms with E-state index in [0.717, 1.165) is 12.8 Å². The minimum atomic E-state index is -0.852. The fraction of sp³-hybridized carbons (Fsp3) is 0.462. The molecule has 0 atom stereocenters. The number of carbonyl (C=O) groups excluding carboxylic acids is 1. The third-order valence-corrected chi connectivity index (χ3v) is 3.84. The van der Waals surface area contributed by atoms with Crippen LogP contribution >= 0.6 is 23.2 Å². The van der Waals surface area contributed by atoms with Crippen molar-refractivity contribution in [3.63, 3.8) is 0 Å². The highest BCUT2D eigenvalue weighted by atomic mass is 35.5. The van der Waals surface area contributed by atoms with Crippen molar-refractivity contribution < 1.29 is 9.90 Å². The van der Waals surface area contributed by atoms with Crippen molar-refractivity contribution >= 4 is 34.8 Å². The molecule has 0 aliphatic heterocycles. The highest BCUT2D eigenvalue weighted by Gasteiger charge is 2.33. The smallest absolute Gasteiger partial charge is 0.241 e. The zero-order valence-corrected chi connectivity index (χ0v) is 11.9. The van der Waals surface area contributed by atoms with E-state index in [2.05, 4.69) is 10.9 Å². The first-order chi connectivity index (χ1) is 8.98. The molecule has 1 fully saturated rings. The van der Waals surface area contributed by atoms with Crippen molar-refractivity contribution in [1.29, 1.82) is 0 Å². The van der Waals surface area contributed by atoms with Gasteiger partial charge in [-0.1, -0.05) is 36.0 Å². The number of amides is 1. The summed E-state index contributed by atoms with van der Waals surface area (Å²) in [5, 5.41) is 11.1. The Morgan fingerprint density at radius 3 is 2.63 bits per heavy atom. The predicted octanol–water partition coefficient (Wildman–Crippen LogP) is 3.13. The van der Waals surface area contributed by atoms with Crippen LogP contribution in [0.15, 0.2) is 18.2 Å². The van der Waals surface area contributed by atoms with Gasteiger partial charge in [0.25, 0.3) is 0 Å². The third kappa shape index (κ3) is 4.00. The van der Waals surface area contributed by atoms with Gasteiger partial charge in [-0.3, -0.25) is 15.6 Å². The quantitative estimate of drug-likeness (QED) is 0.749. The number of carbonyl (C=O) groups is 1. The molecule has 0 unspecified atom stereocenters. The van der Waals surface area contributed by atoms with Crippen LogP contribution in [-0.4, -0.2) is 16.6 Å². The number of anilines is 1. The Labute approximate surface area is 122 Å². The lowest BCUT2D eigenvalue weighted by Gasteiger charge is -2.21. The molecule has 2 rings (SSSR count). The molecule has 0 spiro atoms. The summed E-state index contributed by atoms with van der Waals surface area (Å²) in [4.78, 5) is 11.8. The lowest BCUT2D eigenvalue weighted by molar-refractivity contribution is -0.125. The largest absolute Gasteiger partial charge is 0.389 e. The molecule has 19 heavy (non-hydrogen) atoms. The van der Waals surface area contributed by atoms with Crippen LogP contribution in [0.1, 0.15) is 32.1 Å². The molecule has 6 heteroatoms. The number of hydrazine groups is 1. The first kappa shape index (κ1) is 14.4. The summed E-state index contributed by atoms with van der Waals surface area (Å²) >= 11 is 11.7. The van der Waals surface area contributed by atoms with Crippen LogP contribution in [-0.2, 0) is 4.79 Å². The van der Waals surface area contributed by atoms with Gasteiger partial charge in [0.2, 0.25) is 5.91 Å². The molecule has 104 valence electrons. The number of hydrogen-bond donors (Lipinski definition) is 3. The van der Waals surface area contributed by atoms with Crippen molar-refractivity contribution in [2.24, 2.45) is 0 Å². The van der Waals surface area contributed by atoms with Crippen molar-refractivity contribution in [3.8, 4) is 0 Å². The normalized spacial score (nSPS) is 17.2.